The van der Waals surface area contributed by atoms with Crippen molar-refractivity contribution in [3.63, 3.8) is 0 Å². The molecule has 0 aliphatic rings. The predicted octanol–water partition coefficient (Wildman–Crippen LogP) is 1.28. The lowest BCUT2D eigenvalue weighted by atomic mass is 10.2. The first-order chi connectivity index (χ1) is 13.8. The maximum absolute atomic E-state index is 12.8. The number of carbonyl (C=O) groups is 2. The molecular formula is C19H24N6O4. The van der Waals surface area contributed by atoms with E-state index in [1.54, 1.807) is 11.6 Å². The van der Waals surface area contributed by atoms with E-state index in [0.717, 1.165) is 5.82 Å². The van der Waals surface area contributed by atoms with Gasteiger partial charge >= 0.3 is 0 Å². The summed E-state index contributed by atoms with van der Waals surface area (Å²) < 4.78 is 7.37. The quantitative estimate of drug-likeness (QED) is 0.419. The van der Waals surface area contributed by atoms with E-state index in [4.69, 9.17) is 15.6 Å². The zero-order valence-corrected chi connectivity index (χ0v) is 16.6. The van der Waals surface area contributed by atoms with Crippen LogP contribution in [-0.4, -0.2) is 49.7 Å². The van der Waals surface area contributed by atoms with Crippen LogP contribution >= 0.6 is 0 Å². The molecule has 0 aliphatic carbocycles. The van der Waals surface area contributed by atoms with Gasteiger partial charge in [0.1, 0.15) is 22.8 Å². The molecule has 0 atom stereocenters. The van der Waals surface area contributed by atoms with Crippen LogP contribution in [0.15, 0.2) is 12.1 Å². The second kappa shape index (κ2) is 8.31. The van der Waals surface area contributed by atoms with Gasteiger partial charge in [-0.2, -0.15) is 0 Å². The van der Waals surface area contributed by atoms with Crippen LogP contribution < -0.4 is 15.8 Å². The van der Waals surface area contributed by atoms with Crippen LogP contribution in [0.4, 0.5) is 5.95 Å². The Morgan fingerprint density at radius 1 is 1.34 bits per heavy atom. The van der Waals surface area contributed by atoms with E-state index in [2.05, 4.69) is 20.3 Å². The van der Waals surface area contributed by atoms with Crippen LogP contribution in [0.25, 0.3) is 11.0 Å². The van der Waals surface area contributed by atoms with Crippen molar-refractivity contribution in [3.8, 4) is 5.75 Å². The summed E-state index contributed by atoms with van der Waals surface area (Å²) in [6, 6.07) is 3.03. The molecule has 5 N–H and O–H groups in total. The highest BCUT2D eigenvalue weighted by molar-refractivity contribution is 6.04. The Morgan fingerprint density at radius 2 is 2.10 bits per heavy atom. The number of carbonyl (C=O) groups excluding carboxylic acids is 2. The molecule has 0 bridgehead atoms. The smallest absolute Gasteiger partial charge is 0.276 e. The zero-order valence-electron chi connectivity index (χ0n) is 16.6. The van der Waals surface area contributed by atoms with Crippen LogP contribution in [0.3, 0.4) is 0 Å². The molecule has 3 aromatic rings. The number of nitrogens with zero attached hydrogens (tertiary/aromatic N) is 3. The minimum absolute atomic E-state index is 0.0210. The highest BCUT2D eigenvalue weighted by atomic mass is 16.5. The molecule has 0 saturated carbocycles. The number of nitrogens with one attached hydrogen (secondary N) is 2. The van der Waals surface area contributed by atoms with E-state index >= 15 is 0 Å². The first-order valence-electron chi connectivity index (χ1n) is 9.26. The summed E-state index contributed by atoms with van der Waals surface area (Å²) >= 11 is 0. The van der Waals surface area contributed by atoms with Gasteiger partial charge in [0.15, 0.2) is 0 Å². The van der Waals surface area contributed by atoms with Gasteiger partial charge in [0.25, 0.3) is 5.91 Å². The minimum atomic E-state index is -0.620. The van der Waals surface area contributed by atoms with Crippen molar-refractivity contribution >= 4 is 28.8 Å². The fraction of sp³-hybridized carbons (Fsp3) is 0.368. The number of imidazole rings is 2. The number of aliphatic hydroxyl groups excluding tert-OH is 1. The minimum Gasteiger partial charge on any atom is -0.491 e. The highest BCUT2D eigenvalue weighted by Crippen LogP contribution is 2.28. The standard InChI is InChI=1S/C19H24N6O4/c1-4-12-16(25(3)10(2)21-12)18(28)24-19-22-13-8-11(17(20)27)9-14(15(13)23-19)29-7-5-6-26/h8-9,26H,4-7H2,1-3H3,(H2,20,27)(H2,22,23,24,28). The van der Waals surface area contributed by atoms with E-state index in [9.17, 15) is 9.59 Å². The summed E-state index contributed by atoms with van der Waals surface area (Å²) in [5.41, 5.74) is 7.72. The van der Waals surface area contributed by atoms with E-state index in [0.29, 0.717) is 41.0 Å². The Hall–Kier alpha value is -3.40. The third-order valence-electron chi connectivity index (χ3n) is 4.57. The van der Waals surface area contributed by atoms with E-state index < -0.39 is 5.91 Å². The van der Waals surface area contributed by atoms with Gasteiger partial charge in [-0.05, 0) is 25.5 Å². The molecule has 29 heavy (non-hydrogen) atoms. The second-order valence-corrected chi connectivity index (χ2v) is 6.56. The summed E-state index contributed by atoms with van der Waals surface area (Å²) in [6.45, 7) is 4.00. The molecule has 2 aromatic heterocycles. The number of rotatable bonds is 8. The van der Waals surface area contributed by atoms with Gasteiger partial charge in [0.05, 0.1) is 17.8 Å². The number of anilines is 1. The first kappa shape index (κ1) is 20.3. The van der Waals surface area contributed by atoms with E-state index in [1.807, 2.05) is 13.8 Å². The number of aliphatic hydroxyl groups is 1. The molecule has 154 valence electrons. The molecule has 0 aliphatic heterocycles. The topological polar surface area (TPSA) is 148 Å². The molecule has 2 amide bonds. The Labute approximate surface area is 167 Å². The van der Waals surface area contributed by atoms with Gasteiger partial charge in [0.2, 0.25) is 11.9 Å². The normalized spacial score (nSPS) is 11.0. The summed E-state index contributed by atoms with van der Waals surface area (Å²) in [5, 5.41) is 11.7. The van der Waals surface area contributed by atoms with Crippen molar-refractivity contribution in [2.75, 3.05) is 18.5 Å². The highest BCUT2D eigenvalue weighted by Gasteiger charge is 2.20. The number of nitrogens with two attached hydrogens (primary N) is 1. The van der Waals surface area contributed by atoms with Crippen LogP contribution in [0, 0.1) is 6.92 Å². The Balaban J connectivity index is 1.95. The molecule has 3 rings (SSSR count). The van der Waals surface area contributed by atoms with E-state index in [-0.39, 0.29) is 30.6 Å². The summed E-state index contributed by atoms with van der Waals surface area (Å²) in [4.78, 5) is 36.2. The lowest BCUT2D eigenvalue weighted by Gasteiger charge is -2.07. The molecular weight excluding hydrogens is 376 g/mol. The largest absolute Gasteiger partial charge is 0.491 e. The molecule has 10 nitrogen and oxygen atoms in total. The van der Waals surface area contributed by atoms with Gasteiger partial charge in [-0.15, -0.1) is 0 Å². The van der Waals surface area contributed by atoms with E-state index in [1.165, 1.54) is 12.1 Å². The summed E-state index contributed by atoms with van der Waals surface area (Å²) in [6.07, 6.45) is 1.05. The Kier molecular flexibility index (Phi) is 5.83. The van der Waals surface area contributed by atoms with Crippen molar-refractivity contribution in [3.05, 3.63) is 34.9 Å². The number of hydrogen-bond donors (Lipinski definition) is 4. The SMILES string of the molecule is CCc1nc(C)n(C)c1C(=O)Nc1nc2cc(C(N)=O)cc(OCCCO)c2[nH]1. The Morgan fingerprint density at radius 3 is 2.76 bits per heavy atom. The van der Waals surface area contributed by atoms with Gasteiger partial charge in [-0.3, -0.25) is 14.9 Å². The van der Waals surface area contributed by atoms with Gasteiger partial charge in [-0.25, -0.2) is 9.97 Å². The number of aromatic amines is 1. The average molecular weight is 400 g/mol. The lowest BCUT2D eigenvalue weighted by Crippen LogP contribution is -2.18. The van der Waals surface area contributed by atoms with Crippen LogP contribution in [0.1, 0.15) is 45.7 Å². The molecule has 10 heteroatoms. The molecule has 1 aromatic carbocycles. The van der Waals surface area contributed by atoms with Crippen molar-refractivity contribution in [2.45, 2.75) is 26.7 Å². The zero-order chi connectivity index (χ0) is 21.1. The molecule has 0 radical (unpaired) electrons. The number of benzene rings is 1. The number of hydrogen-bond acceptors (Lipinski definition) is 6. The predicted molar refractivity (Wildman–Crippen MR) is 107 cm³/mol. The van der Waals surface area contributed by atoms with Crippen LogP contribution in [0.5, 0.6) is 5.75 Å². The van der Waals surface area contributed by atoms with Crippen LogP contribution in [-0.2, 0) is 13.5 Å². The monoisotopic (exact) mass is 400 g/mol. The average Bonchev–Trinajstić information content (AvgIpc) is 3.21. The number of primary amides is 1. The fourth-order valence-corrected chi connectivity index (χ4v) is 3.02. The summed E-state index contributed by atoms with van der Waals surface area (Å²) in [5.74, 6) is 0.345. The molecule has 0 spiro atoms. The van der Waals surface area contributed by atoms with Crippen molar-refractivity contribution in [1.82, 2.24) is 19.5 Å². The number of aromatic nitrogens is 4. The molecule has 0 unspecified atom stereocenters. The van der Waals surface area contributed by atoms with Crippen molar-refractivity contribution < 1.29 is 19.4 Å². The van der Waals surface area contributed by atoms with Crippen molar-refractivity contribution in [2.24, 2.45) is 12.8 Å². The van der Waals surface area contributed by atoms with Gasteiger partial charge in [-0.1, -0.05) is 6.92 Å². The maximum Gasteiger partial charge on any atom is 0.276 e. The number of fused-ring (bicyclic) bond motifs is 1. The number of amides is 2. The van der Waals surface area contributed by atoms with Gasteiger partial charge in [0, 0.05) is 25.6 Å². The van der Waals surface area contributed by atoms with Gasteiger partial charge < -0.3 is 25.1 Å². The number of ether oxygens (including phenoxy) is 1. The number of aryl methyl sites for hydroxylation is 2. The molecule has 2 heterocycles. The maximum atomic E-state index is 12.8. The fourth-order valence-electron chi connectivity index (χ4n) is 3.02. The van der Waals surface area contributed by atoms with Crippen molar-refractivity contribution in [1.29, 1.82) is 0 Å². The molecule has 0 saturated heterocycles. The third kappa shape index (κ3) is 4.06. The summed E-state index contributed by atoms with van der Waals surface area (Å²) in [7, 11) is 1.78. The number of H-pyrrole nitrogens is 1. The lowest BCUT2D eigenvalue weighted by molar-refractivity contribution is 0.0996. The molecule has 0 fully saturated rings. The first-order valence-corrected chi connectivity index (χ1v) is 9.26. The third-order valence-corrected chi connectivity index (χ3v) is 4.57. The second-order valence-electron chi connectivity index (χ2n) is 6.56. The Bertz CT molecular complexity index is 1070. The van der Waals surface area contributed by atoms with Crippen LogP contribution in [0.2, 0.25) is 0 Å².